The summed E-state index contributed by atoms with van der Waals surface area (Å²) in [6, 6.07) is 4.17. The fraction of sp³-hybridized carbons (Fsp3) is 0.368. The van der Waals surface area contributed by atoms with Crippen LogP contribution in [0.2, 0.25) is 0 Å². The highest BCUT2D eigenvalue weighted by molar-refractivity contribution is 8.00. The summed E-state index contributed by atoms with van der Waals surface area (Å²) in [5, 5.41) is 11.9. The predicted molar refractivity (Wildman–Crippen MR) is 103 cm³/mol. The van der Waals surface area contributed by atoms with Crippen molar-refractivity contribution in [2.75, 3.05) is 26.0 Å². The molecule has 0 spiro atoms. The Morgan fingerprint density at radius 2 is 2.00 bits per heavy atom. The number of pyridine rings is 1. The number of hydrazine groups is 1. The monoisotopic (exact) mass is 447 g/mol. The zero-order chi connectivity index (χ0) is 22.5. The van der Waals surface area contributed by atoms with Gasteiger partial charge in [-0.2, -0.15) is 8.78 Å². The normalized spacial score (nSPS) is 13.9. The average molecular weight is 447 g/mol. The molecule has 0 fully saturated rings. The number of rotatable bonds is 9. The van der Waals surface area contributed by atoms with Crippen molar-refractivity contribution in [3.63, 3.8) is 0 Å². The van der Waals surface area contributed by atoms with Crippen LogP contribution in [0.15, 0.2) is 41.4 Å². The SMILES string of the molecule is CCN(N)CC(O)(c1ccc(F)cc1F)C(F)(F)c1ccc(SCC(=O)OC)cn1. The Labute approximate surface area is 175 Å². The van der Waals surface area contributed by atoms with E-state index in [0.717, 1.165) is 41.2 Å². The first kappa shape index (κ1) is 24.1. The zero-order valence-electron chi connectivity index (χ0n) is 16.2. The highest BCUT2D eigenvalue weighted by Gasteiger charge is 2.57. The van der Waals surface area contributed by atoms with Gasteiger partial charge in [-0.3, -0.25) is 15.6 Å². The molecule has 0 amide bonds. The number of halogens is 4. The van der Waals surface area contributed by atoms with Crippen LogP contribution >= 0.6 is 11.8 Å². The van der Waals surface area contributed by atoms with E-state index in [1.165, 1.54) is 13.2 Å². The molecule has 0 radical (unpaired) electrons. The van der Waals surface area contributed by atoms with Crippen LogP contribution in [-0.4, -0.2) is 47.0 Å². The molecule has 0 saturated carbocycles. The van der Waals surface area contributed by atoms with Gasteiger partial charge in [-0.05, 0) is 18.2 Å². The number of hydrogen-bond donors (Lipinski definition) is 2. The number of esters is 1. The van der Waals surface area contributed by atoms with E-state index >= 15 is 8.78 Å². The van der Waals surface area contributed by atoms with Gasteiger partial charge >= 0.3 is 11.9 Å². The molecule has 0 saturated heterocycles. The Balaban J connectivity index is 2.44. The molecule has 1 atom stereocenters. The minimum Gasteiger partial charge on any atom is -0.468 e. The molecule has 164 valence electrons. The number of methoxy groups -OCH3 is 1. The van der Waals surface area contributed by atoms with Crippen molar-refractivity contribution in [3.8, 4) is 0 Å². The molecular weight excluding hydrogens is 426 g/mol. The van der Waals surface area contributed by atoms with Gasteiger partial charge in [0, 0.05) is 29.3 Å². The number of carbonyl (C=O) groups is 1. The quantitative estimate of drug-likeness (QED) is 0.201. The number of thioether (sulfide) groups is 1. The van der Waals surface area contributed by atoms with Crippen LogP contribution < -0.4 is 5.84 Å². The number of benzene rings is 1. The average Bonchev–Trinajstić information content (AvgIpc) is 2.71. The summed E-state index contributed by atoms with van der Waals surface area (Å²) in [6.45, 7) is 0.794. The van der Waals surface area contributed by atoms with E-state index in [1.807, 2.05) is 0 Å². The maximum absolute atomic E-state index is 15.4. The summed E-state index contributed by atoms with van der Waals surface area (Å²) in [5.74, 6) is -1.33. The molecule has 1 unspecified atom stereocenters. The van der Waals surface area contributed by atoms with E-state index in [0.29, 0.717) is 11.0 Å². The predicted octanol–water partition coefficient (Wildman–Crippen LogP) is 2.80. The van der Waals surface area contributed by atoms with Crippen molar-refractivity contribution >= 4 is 17.7 Å². The number of hydrogen-bond acceptors (Lipinski definition) is 7. The van der Waals surface area contributed by atoms with E-state index in [1.54, 1.807) is 6.92 Å². The molecule has 2 rings (SSSR count). The maximum atomic E-state index is 15.4. The van der Waals surface area contributed by atoms with Gasteiger partial charge in [0.2, 0.25) is 0 Å². The van der Waals surface area contributed by atoms with Crippen molar-refractivity contribution in [1.29, 1.82) is 0 Å². The fourth-order valence-corrected chi connectivity index (χ4v) is 3.34. The number of nitrogens with zero attached hydrogens (tertiary/aromatic N) is 2. The lowest BCUT2D eigenvalue weighted by molar-refractivity contribution is -0.208. The Hall–Kier alpha value is -2.21. The van der Waals surface area contributed by atoms with E-state index < -0.39 is 46.9 Å². The highest BCUT2D eigenvalue weighted by atomic mass is 32.2. The largest absolute Gasteiger partial charge is 0.468 e. The maximum Gasteiger partial charge on any atom is 0.323 e. The zero-order valence-corrected chi connectivity index (χ0v) is 17.1. The van der Waals surface area contributed by atoms with Crippen LogP contribution in [0, 0.1) is 11.6 Å². The third-order valence-electron chi connectivity index (χ3n) is 4.38. The summed E-state index contributed by atoms with van der Waals surface area (Å²) in [6.07, 6.45) is 1.10. The van der Waals surface area contributed by atoms with Gasteiger partial charge in [0.15, 0.2) is 5.60 Å². The minimum absolute atomic E-state index is 0.0444. The van der Waals surface area contributed by atoms with Gasteiger partial charge in [0.1, 0.15) is 17.3 Å². The second kappa shape index (κ2) is 9.73. The third-order valence-corrected chi connectivity index (χ3v) is 5.33. The Morgan fingerprint density at radius 3 is 2.53 bits per heavy atom. The standard InChI is InChI=1S/C19H21F4N3O3S/c1-3-26(24)11-18(28,14-6-4-12(20)8-15(14)21)19(22,23)16-7-5-13(9-25-16)30-10-17(27)29-2/h4-9,28H,3,10-11,24H2,1-2H3. The van der Waals surface area contributed by atoms with Crippen LogP contribution in [0.3, 0.4) is 0 Å². The molecule has 2 aromatic rings. The van der Waals surface area contributed by atoms with E-state index in [-0.39, 0.29) is 12.3 Å². The summed E-state index contributed by atoms with van der Waals surface area (Å²) in [7, 11) is 1.22. The number of likely N-dealkylation sites (N-methyl/N-ethyl adjacent to an activating group) is 1. The first-order valence-electron chi connectivity index (χ1n) is 8.76. The molecule has 3 N–H and O–H groups in total. The number of aromatic nitrogens is 1. The fourth-order valence-electron chi connectivity index (χ4n) is 2.65. The minimum atomic E-state index is -4.09. The molecule has 0 aliphatic rings. The molecule has 0 aliphatic heterocycles. The van der Waals surface area contributed by atoms with Crippen LogP contribution in [-0.2, 0) is 21.1 Å². The molecule has 30 heavy (non-hydrogen) atoms. The van der Waals surface area contributed by atoms with Crippen LogP contribution in [0.1, 0.15) is 18.2 Å². The van der Waals surface area contributed by atoms with Gasteiger partial charge in [-0.1, -0.05) is 13.0 Å². The van der Waals surface area contributed by atoms with Gasteiger partial charge < -0.3 is 9.84 Å². The Kier molecular flexibility index (Phi) is 7.81. The summed E-state index contributed by atoms with van der Waals surface area (Å²) in [4.78, 5) is 15.3. The summed E-state index contributed by atoms with van der Waals surface area (Å²) in [5.41, 5.74) is -4.80. The Bertz CT molecular complexity index is 886. The number of alkyl halides is 2. The number of nitrogens with two attached hydrogens (primary N) is 1. The lowest BCUT2D eigenvalue weighted by Gasteiger charge is -2.38. The smallest absolute Gasteiger partial charge is 0.323 e. The van der Waals surface area contributed by atoms with Crippen LogP contribution in [0.25, 0.3) is 0 Å². The summed E-state index contributed by atoms with van der Waals surface area (Å²) >= 11 is 1.02. The number of ether oxygens (including phenoxy) is 1. The third kappa shape index (κ3) is 5.09. The van der Waals surface area contributed by atoms with E-state index in [9.17, 15) is 18.7 Å². The van der Waals surface area contributed by atoms with Crippen molar-refractivity contribution in [2.45, 2.75) is 23.3 Å². The van der Waals surface area contributed by atoms with Gasteiger partial charge in [0.05, 0.1) is 19.4 Å². The number of carbonyl (C=O) groups excluding carboxylic acids is 1. The van der Waals surface area contributed by atoms with Crippen molar-refractivity contribution in [3.05, 3.63) is 59.4 Å². The van der Waals surface area contributed by atoms with Gasteiger partial charge in [-0.15, -0.1) is 11.8 Å². The molecule has 1 aromatic carbocycles. The van der Waals surface area contributed by atoms with E-state index in [2.05, 4.69) is 9.72 Å². The lowest BCUT2D eigenvalue weighted by Crippen LogP contribution is -2.54. The number of aliphatic hydroxyl groups is 1. The molecule has 11 heteroatoms. The van der Waals surface area contributed by atoms with Gasteiger partial charge in [0.25, 0.3) is 0 Å². The first-order valence-corrected chi connectivity index (χ1v) is 9.75. The summed E-state index contributed by atoms with van der Waals surface area (Å²) < 4.78 is 63.0. The highest BCUT2D eigenvalue weighted by Crippen LogP contribution is 2.46. The van der Waals surface area contributed by atoms with Crippen molar-refractivity contribution in [1.82, 2.24) is 9.99 Å². The molecule has 0 bridgehead atoms. The first-order chi connectivity index (χ1) is 14.0. The second-order valence-electron chi connectivity index (χ2n) is 6.37. The van der Waals surface area contributed by atoms with Crippen LogP contribution in [0.4, 0.5) is 17.6 Å². The molecule has 6 nitrogen and oxygen atoms in total. The van der Waals surface area contributed by atoms with Crippen molar-refractivity contribution < 1.29 is 32.2 Å². The molecular formula is C19H21F4N3O3S. The topological polar surface area (TPSA) is 88.7 Å². The van der Waals surface area contributed by atoms with Crippen LogP contribution in [0.5, 0.6) is 0 Å². The Morgan fingerprint density at radius 1 is 1.30 bits per heavy atom. The molecule has 1 aromatic heterocycles. The molecule has 0 aliphatic carbocycles. The second-order valence-corrected chi connectivity index (χ2v) is 7.41. The van der Waals surface area contributed by atoms with Gasteiger partial charge in [-0.25, -0.2) is 13.8 Å². The van der Waals surface area contributed by atoms with Crippen molar-refractivity contribution in [2.24, 2.45) is 5.84 Å². The lowest BCUT2D eigenvalue weighted by atomic mass is 9.84. The molecule has 1 heterocycles. The van der Waals surface area contributed by atoms with E-state index in [4.69, 9.17) is 5.84 Å².